The van der Waals surface area contributed by atoms with Crippen molar-refractivity contribution in [2.75, 3.05) is 36.1 Å². The summed E-state index contributed by atoms with van der Waals surface area (Å²) in [4.78, 5) is 12.5. The molecule has 1 aromatic carbocycles. The maximum atomic E-state index is 13.0. The molecule has 0 atom stereocenters. The minimum Gasteiger partial charge on any atom is -0.492 e. The molecule has 0 aliphatic heterocycles. The van der Waals surface area contributed by atoms with Gasteiger partial charge in [0, 0.05) is 24.8 Å². The minimum absolute atomic E-state index is 0.0448. The molecule has 170 valence electrons. The first-order valence-electron chi connectivity index (χ1n) is 10.2. The molecule has 0 saturated heterocycles. The second kappa shape index (κ2) is 10.6. The summed E-state index contributed by atoms with van der Waals surface area (Å²) in [6, 6.07) is 5.15. The molecule has 3 rings (SSSR count). The highest BCUT2D eigenvalue weighted by molar-refractivity contribution is 8.01. The SMILES string of the molecule is CCOc1ccc(NC(=O)CSc2nnc(NC3CC3)s2)cc1S(=O)(=O)N(CC)CC. The van der Waals surface area contributed by atoms with Crippen LogP contribution in [0.5, 0.6) is 5.75 Å². The van der Waals surface area contributed by atoms with Gasteiger partial charge in [-0.15, -0.1) is 10.2 Å². The maximum absolute atomic E-state index is 13.0. The Morgan fingerprint density at radius 3 is 2.65 bits per heavy atom. The maximum Gasteiger partial charge on any atom is 0.246 e. The lowest BCUT2D eigenvalue weighted by atomic mass is 10.3. The van der Waals surface area contributed by atoms with E-state index in [0.717, 1.165) is 18.0 Å². The van der Waals surface area contributed by atoms with E-state index in [9.17, 15) is 13.2 Å². The fourth-order valence-electron chi connectivity index (χ4n) is 2.82. The average Bonchev–Trinajstić information content (AvgIpc) is 3.44. The summed E-state index contributed by atoms with van der Waals surface area (Å²) in [6.45, 7) is 6.38. The molecule has 1 aliphatic rings. The molecule has 31 heavy (non-hydrogen) atoms. The average molecular weight is 486 g/mol. The van der Waals surface area contributed by atoms with Crippen LogP contribution in [0, 0.1) is 0 Å². The van der Waals surface area contributed by atoms with E-state index in [1.807, 2.05) is 0 Å². The Morgan fingerprint density at radius 2 is 2.00 bits per heavy atom. The molecule has 0 spiro atoms. The van der Waals surface area contributed by atoms with Gasteiger partial charge < -0.3 is 15.4 Å². The second-order valence-corrected chi connectivity index (χ2v) is 10.9. The van der Waals surface area contributed by atoms with Crippen LogP contribution in [-0.2, 0) is 14.8 Å². The Morgan fingerprint density at radius 1 is 1.26 bits per heavy atom. The number of sulfonamides is 1. The first-order chi connectivity index (χ1) is 14.9. The van der Waals surface area contributed by atoms with Crippen LogP contribution in [-0.4, -0.2) is 60.3 Å². The molecule has 0 radical (unpaired) electrons. The van der Waals surface area contributed by atoms with Crippen molar-refractivity contribution in [2.45, 2.75) is 48.9 Å². The number of thioether (sulfide) groups is 1. The summed E-state index contributed by atoms with van der Waals surface area (Å²) in [5.74, 6) is 0.155. The van der Waals surface area contributed by atoms with Crippen LogP contribution in [0.15, 0.2) is 27.4 Å². The van der Waals surface area contributed by atoms with Gasteiger partial charge in [-0.05, 0) is 38.0 Å². The quantitative estimate of drug-likeness (QED) is 0.440. The summed E-state index contributed by atoms with van der Waals surface area (Å²) in [5, 5.41) is 15.0. The highest BCUT2D eigenvalue weighted by Gasteiger charge is 2.26. The number of aromatic nitrogens is 2. The molecular formula is C19H27N5O4S3. The van der Waals surface area contributed by atoms with Gasteiger partial charge in [0.15, 0.2) is 4.34 Å². The second-order valence-electron chi connectivity index (χ2n) is 6.81. The molecule has 0 unspecified atom stereocenters. The molecule has 1 saturated carbocycles. The van der Waals surface area contributed by atoms with E-state index in [-0.39, 0.29) is 22.3 Å². The monoisotopic (exact) mass is 485 g/mol. The Kier molecular flexibility index (Phi) is 8.14. The zero-order valence-electron chi connectivity index (χ0n) is 17.8. The normalized spacial score (nSPS) is 13.9. The fraction of sp³-hybridized carbons (Fsp3) is 0.526. The molecule has 1 aromatic heterocycles. The number of amides is 1. The number of hydrogen-bond acceptors (Lipinski definition) is 9. The lowest BCUT2D eigenvalue weighted by Gasteiger charge is -2.21. The van der Waals surface area contributed by atoms with Crippen molar-refractivity contribution in [1.82, 2.24) is 14.5 Å². The van der Waals surface area contributed by atoms with Gasteiger partial charge in [0.25, 0.3) is 0 Å². The summed E-state index contributed by atoms with van der Waals surface area (Å²) in [6.07, 6.45) is 2.30. The number of carbonyl (C=O) groups excluding carboxylic acids is 1. The highest BCUT2D eigenvalue weighted by Crippen LogP contribution is 2.32. The molecule has 9 nitrogen and oxygen atoms in total. The third-order valence-electron chi connectivity index (χ3n) is 4.49. The fourth-order valence-corrected chi connectivity index (χ4v) is 6.06. The van der Waals surface area contributed by atoms with E-state index in [1.165, 1.54) is 33.5 Å². The standard InChI is InChI=1S/C19H27N5O4S3/c1-4-24(5-2)31(26,27)16-11-14(9-10-15(16)28-6-3)20-17(25)12-29-19-23-22-18(30-19)21-13-7-8-13/h9-11,13H,4-8,12H2,1-3H3,(H,20,25)(H,21,22). The largest absolute Gasteiger partial charge is 0.492 e. The number of anilines is 2. The van der Waals surface area contributed by atoms with E-state index in [4.69, 9.17) is 4.74 Å². The zero-order chi connectivity index (χ0) is 22.4. The predicted molar refractivity (Wildman–Crippen MR) is 124 cm³/mol. The Labute approximate surface area is 191 Å². The van der Waals surface area contributed by atoms with E-state index >= 15 is 0 Å². The molecule has 1 aliphatic carbocycles. The van der Waals surface area contributed by atoms with Crippen LogP contribution in [0.25, 0.3) is 0 Å². The van der Waals surface area contributed by atoms with Gasteiger partial charge in [0.2, 0.25) is 21.1 Å². The Bertz CT molecular complexity index is 1000. The number of carbonyl (C=O) groups is 1. The third kappa shape index (κ3) is 6.31. The number of ether oxygens (including phenoxy) is 1. The Hall–Kier alpha value is -1.89. The van der Waals surface area contributed by atoms with Crippen LogP contribution in [0.2, 0.25) is 0 Å². The van der Waals surface area contributed by atoms with Gasteiger partial charge >= 0.3 is 0 Å². The number of nitrogens with one attached hydrogen (secondary N) is 2. The van der Waals surface area contributed by atoms with E-state index in [0.29, 0.717) is 35.8 Å². The number of hydrogen-bond donors (Lipinski definition) is 2. The van der Waals surface area contributed by atoms with Crippen molar-refractivity contribution in [3.63, 3.8) is 0 Å². The summed E-state index contributed by atoms with van der Waals surface area (Å²) >= 11 is 2.71. The number of rotatable bonds is 12. The molecule has 1 heterocycles. The lowest BCUT2D eigenvalue weighted by Crippen LogP contribution is -2.31. The van der Waals surface area contributed by atoms with Gasteiger partial charge in [-0.2, -0.15) is 4.31 Å². The smallest absolute Gasteiger partial charge is 0.246 e. The van der Waals surface area contributed by atoms with Gasteiger partial charge in [0.1, 0.15) is 10.6 Å². The highest BCUT2D eigenvalue weighted by atomic mass is 32.2. The van der Waals surface area contributed by atoms with E-state index < -0.39 is 10.0 Å². The van der Waals surface area contributed by atoms with E-state index in [2.05, 4.69) is 20.8 Å². The van der Waals surface area contributed by atoms with Crippen molar-refractivity contribution in [2.24, 2.45) is 0 Å². The lowest BCUT2D eigenvalue weighted by molar-refractivity contribution is -0.113. The molecule has 0 bridgehead atoms. The van der Waals surface area contributed by atoms with Crippen LogP contribution < -0.4 is 15.4 Å². The molecule has 1 fully saturated rings. The zero-order valence-corrected chi connectivity index (χ0v) is 20.2. The van der Waals surface area contributed by atoms with Crippen LogP contribution >= 0.6 is 23.1 Å². The van der Waals surface area contributed by atoms with Gasteiger partial charge in [-0.1, -0.05) is 36.9 Å². The van der Waals surface area contributed by atoms with Gasteiger partial charge in [0.05, 0.1) is 12.4 Å². The number of nitrogens with zero attached hydrogens (tertiary/aromatic N) is 3. The molecular weight excluding hydrogens is 458 g/mol. The van der Waals surface area contributed by atoms with Crippen molar-refractivity contribution < 1.29 is 17.9 Å². The molecule has 2 N–H and O–H groups in total. The van der Waals surface area contributed by atoms with Gasteiger partial charge in [-0.25, -0.2) is 8.42 Å². The van der Waals surface area contributed by atoms with Crippen molar-refractivity contribution in [1.29, 1.82) is 0 Å². The molecule has 1 amide bonds. The first-order valence-corrected chi connectivity index (χ1v) is 13.4. The van der Waals surface area contributed by atoms with Crippen molar-refractivity contribution in [3.05, 3.63) is 18.2 Å². The van der Waals surface area contributed by atoms with Crippen molar-refractivity contribution >= 4 is 49.8 Å². The summed E-state index contributed by atoms with van der Waals surface area (Å²) < 4.78 is 33.6. The third-order valence-corrected chi connectivity index (χ3v) is 8.55. The molecule has 2 aromatic rings. The first kappa shape index (κ1) is 23.8. The van der Waals surface area contributed by atoms with E-state index in [1.54, 1.807) is 32.9 Å². The topological polar surface area (TPSA) is 114 Å². The van der Waals surface area contributed by atoms with Crippen LogP contribution in [0.3, 0.4) is 0 Å². The minimum atomic E-state index is -3.74. The Balaban J connectivity index is 1.67. The van der Waals surface area contributed by atoms with Crippen molar-refractivity contribution in [3.8, 4) is 5.75 Å². The summed E-state index contributed by atoms with van der Waals surface area (Å²) in [5.41, 5.74) is 0.396. The van der Waals surface area contributed by atoms with Crippen LogP contribution in [0.4, 0.5) is 10.8 Å². The predicted octanol–water partition coefficient (Wildman–Crippen LogP) is 3.27. The van der Waals surface area contributed by atoms with Crippen LogP contribution in [0.1, 0.15) is 33.6 Å². The van der Waals surface area contributed by atoms with Gasteiger partial charge in [-0.3, -0.25) is 4.79 Å². The summed E-state index contributed by atoms with van der Waals surface area (Å²) in [7, 11) is -3.74. The molecule has 12 heteroatoms. The number of benzene rings is 1.